The number of aliphatic imine (C=N–C) groups is 1. The molecule has 204 valence electrons. The van der Waals surface area contributed by atoms with Crippen molar-refractivity contribution in [2.75, 3.05) is 24.4 Å². The lowest BCUT2D eigenvalue weighted by atomic mass is 10.2. The number of thioether (sulfide) groups is 2. The number of hydrogen-bond donors (Lipinski definition) is 1. The van der Waals surface area contributed by atoms with Crippen LogP contribution < -0.4 is 15.0 Å². The third kappa shape index (κ3) is 5.59. The van der Waals surface area contributed by atoms with Crippen LogP contribution in [0.1, 0.15) is 15.9 Å². The highest BCUT2D eigenvalue weighted by molar-refractivity contribution is 8.19. The Kier molecular flexibility index (Phi) is 7.54. The summed E-state index contributed by atoms with van der Waals surface area (Å²) < 4.78 is 5.24. The number of ether oxygens (including phenoxy) is 1. The third-order valence-electron chi connectivity index (χ3n) is 6.64. The number of benzene rings is 4. The van der Waals surface area contributed by atoms with Crippen molar-refractivity contribution in [2.45, 2.75) is 11.4 Å². The number of carbonyl (C=O) groups is 2. The molecule has 41 heavy (non-hydrogen) atoms. The minimum absolute atomic E-state index is 0.0813. The Bertz CT molecular complexity index is 1700. The Balaban J connectivity index is 1.31. The van der Waals surface area contributed by atoms with Gasteiger partial charge >= 0.3 is 0 Å². The molecule has 0 bridgehead atoms. The number of fused-ring (bicyclic) bond motifs is 1. The zero-order valence-electron chi connectivity index (χ0n) is 22.4. The average molecular weight is 579 g/mol. The summed E-state index contributed by atoms with van der Waals surface area (Å²) in [6.45, 7) is 0.399. The van der Waals surface area contributed by atoms with Crippen LogP contribution in [-0.4, -0.2) is 36.0 Å². The summed E-state index contributed by atoms with van der Waals surface area (Å²) >= 11 is 2.97. The smallest absolute Gasteiger partial charge is 0.269 e. The molecule has 0 spiro atoms. The van der Waals surface area contributed by atoms with Gasteiger partial charge in [0.2, 0.25) is 0 Å². The van der Waals surface area contributed by atoms with Gasteiger partial charge in [-0.25, -0.2) is 4.99 Å². The molecule has 2 amide bonds. The number of nitrogens with one attached hydrogen (secondary N) is 1. The molecule has 9 heteroatoms. The maximum atomic E-state index is 13.9. The molecule has 0 aromatic heterocycles. The van der Waals surface area contributed by atoms with E-state index in [0.717, 1.165) is 21.2 Å². The van der Waals surface area contributed by atoms with Crippen molar-refractivity contribution in [1.82, 2.24) is 4.90 Å². The molecule has 4 aromatic rings. The predicted molar refractivity (Wildman–Crippen MR) is 167 cm³/mol. The maximum Gasteiger partial charge on any atom is 0.269 e. The van der Waals surface area contributed by atoms with Gasteiger partial charge in [-0.15, -0.1) is 0 Å². The number of nitrogens with zero attached hydrogens (tertiary/aromatic N) is 3. The van der Waals surface area contributed by atoms with Crippen LogP contribution in [0.25, 0.3) is 0 Å². The van der Waals surface area contributed by atoms with E-state index < -0.39 is 0 Å². The van der Waals surface area contributed by atoms with Crippen LogP contribution in [-0.2, 0) is 11.3 Å². The molecule has 0 unspecified atom stereocenters. The monoisotopic (exact) mass is 578 g/mol. The molecule has 1 N–H and O–H groups in total. The normalized spacial score (nSPS) is 17.2. The second-order valence-corrected chi connectivity index (χ2v) is 11.4. The molecule has 0 atom stereocenters. The van der Waals surface area contributed by atoms with E-state index in [4.69, 9.17) is 9.73 Å². The fourth-order valence-corrected chi connectivity index (χ4v) is 6.90. The second-order valence-electron chi connectivity index (χ2n) is 9.37. The lowest BCUT2D eigenvalue weighted by Crippen LogP contribution is -2.29. The maximum absolute atomic E-state index is 13.9. The number of amides is 2. The first-order valence-electron chi connectivity index (χ1n) is 12.9. The summed E-state index contributed by atoms with van der Waals surface area (Å²) in [5.74, 6) is 0.276. The van der Waals surface area contributed by atoms with Crippen LogP contribution in [0.5, 0.6) is 5.75 Å². The SMILES string of the molecule is COc1cccc(C(=O)Nc2cccc(N=C3S/C(=C4\Sc5ccccc5N4C)C(=O)N3Cc3ccccc3)c2)c1. The predicted octanol–water partition coefficient (Wildman–Crippen LogP) is 7.12. The van der Waals surface area contributed by atoms with Gasteiger partial charge in [-0.3, -0.25) is 14.5 Å². The van der Waals surface area contributed by atoms with Crippen LogP contribution in [0.4, 0.5) is 17.1 Å². The molecule has 0 aliphatic carbocycles. The van der Waals surface area contributed by atoms with Crippen molar-refractivity contribution in [3.8, 4) is 5.75 Å². The summed E-state index contributed by atoms with van der Waals surface area (Å²) in [7, 11) is 3.55. The quantitative estimate of drug-likeness (QED) is 0.246. The highest BCUT2D eigenvalue weighted by atomic mass is 32.2. The molecule has 7 nitrogen and oxygen atoms in total. The van der Waals surface area contributed by atoms with E-state index in [2.05, 4.69) is 22.3 Å². The highest BCUT2D eigenvalue weighted by Gasteiger charge is 2.39. The van der Waals surface area contributed by atoms with Crippen LogP contribution in [0.2, 0.25) is 0 Å². The van der Waals surface area contributed by atoms with Gasteiger partial charge < -0.3 is 15.0 Å². The molecule has 2 heterocycles. The van der Waals surface area contributed by atoms with Gasteiger partial charge in [0.1, 0.15) is 10.7 Å². The number of carbonyl (C=O) groups excluding carboxylic acids is 2. The van der Waals surface area contributed by atoms with Gasteiger partial charge in [0, 0.05) is 23.2 Å². The molecule has 2 aliphatic rings. The molecule has 1 fully saturated rings. The lowest BCUT2D eigenvalue weighted by Gasteiger charge is -2.17. The number of para-hydroxylation sites is 1. The van der Waals surface area contributed by atoms with Gasteiger partial charge in [-0.05, 0) is 65.9 Å². The zero-order valence-corrected chi connectivity index (χ0v) is 24.0. The summed E-state index contributed by atoms with van der Waals surface area (Å²) in [6, 6.07) is 32.3. The van der Waals surface area contributed by atoms with Crippen LogP contribution in [0.3, 0.4) is 0 Å². The Morgan fingerprint density at radius 2 is 1.68 bits per heavy atom. The minimum atomic E-state index is -0.252. The van der Waals surface area contributed by atoms with Crippen LogP contribution >= 0.6 is 23.5 Å². The van der Waals surface area contributed by atoms with Gasteiger partial charge in [0.15, 0.2) is 5.17 Å². The molecule has 0 radical (unpaired) electrons. The van der Waals surface area contributed by atoms with Crippen molar-refractivity contribution in [1.29, 1.82) is 0 Å². The number of hydrogen-bond acceptors (Lipinski definition) is 7. The third-order valence-corrected chi connectivity index (χ3v) is 9.07. The largest absolute Gasteiger partial charge is 0.497 e. The summed E-state index contributed by atoms with van der Waals surface area (Å²) in [6.07, 6.45) is 0. The fraction of sp³-hybridized carbons (Fsp3) is 0.0938. The highest BCUT2D eigenvalue weighted by Crippen LogP contribution is 2.50. The Hall–Kier alpha value is -4.47. The van der Waals surface area contributed by atoms with Crippen molar-refractivity contribution in [2.24, 2.45) is 4.99 Å². The van der Waals surface area contributed by atoms with E-state index in [1.807, 2.05) is 67.7 Å². The zero-order chi connectivity index (χ0) is 28.3. The van der Waals surface area contributed by atoms with Crippen molar-refractivity contribution < 1.29 is 14.3 Å². The van der Waals surface area contributed by atoms with E-state index in [-0.39, 0.29) is 11.8 Å². The van der Waals surface area contributed by atoms with E-state index in [1.54, 1.807) is 54.1 Å². The van der Waals surface area contributed by atoms with E-state index >= 15 is 0 Å². The van der Waals surface area contributed by atoms with Crippen LogP contribution in [0.15, 0.2) is 123 Å². The van der Waals surface area contributed by atoms with Crippen molar-refractivity contribution in [3.63, 3.8) is 0 Å². The fourth-order valence-electron chi connectivity index (χ4n) is 4.56. The summed E-state index contributed by atoms with van der Waals surface area (Å²) in [4.78, 5) is 37.2. The number of rotatable bonds is 6. The van der Waals surface area contributed by atoms with Gasteiger partial charge in [-0.2, -0.15) is 0 Å². The Labute approximate surface area is 246 Å². The van der Waals surface area contributed by atoms with Crippen molar-refractivity contribution in [3.05, 3.63) is 124 Å². The van der Waals surface area contributed by atoms with E-state index in [0.29, 0.717) is 39.3 Å². The first-order chi connectivity index (χ1) is 20.0. The lowest BCUT2D eigenvalue weighted by molar-refractivity contribution is -0.122. The molecular weight excluding hydrogens is 553 g/mol. The molecule has 0 saturated carbocycles. The second kappa shape index (κ2) is 11.6. The Morgan fingerprint density at radius 1 is 0.902 bits per heavy atom. The van der Waals surface area contributed by atoms with E-state index in [1.165, 1.54) is 11.8 Å². The number of anilines is 2. The number of amidine groups is 1. The summed E-state index contributed by atoms with van der Waals surface area (Å²) in [5, 5.41) is 4.41. The summed E-state index contributed by atoms with van der Waals surface area (Å²) in [5.41, 5.74) is 3.80. The van der Waals surface area contributed by atoms with Gasteiger partial charge in [0.25, 0.3) is 11.8 Å². The first kappa shape index (κ1) is 26.7. The van der Waals surface area contributed by atoms with Gasteiger partial charge in [0.05, 0.1) is 30.1 Å². The average Bonchev–Trinajstić information content (AvgIpc) is 3.49. The molecule has 4 aromatic carbocycles. The van der Waals surface area contributed by atoms with Gasteiger partial charge in [-0.1, -0.05) is 66.4 Å². The first-order valence-corrected chi connectivity index (χ1v) is 14.6. The number of methoxy groups -OCH3 is 1. The van der Waals surface area contributed by atoms with E-state index in [9.17, 15) is 9.59 Å². The van der Waals surface area contributed by atoms with Crippen LogP contribution in [0, 0.1) is 0 Å². The standard InChI is InChI=1S/C32H26N4O3S2/c1-35-26-16-6-7-17-27(26)40-31(35)28-30(38)36(20-21-10-4-3-5-11-21)32(41-28)34-24-14-9-13-23(19-24)33-29(37)22-12-8-15-25(18-22)39-2/h3-19H,20H2,1-2H3,(H,33,37)/b31-28-,34-32?. The molecule has 6 rings (SSSR count). The minimum Gasteiger partial charge on any atom is -0.497 e. The van der Waals surface area contributed by atoms with Crippen molar-refractivity contribution >= 4 is 57.6 Å². The molecular formula is C32H26N4O3S2. The molecule has 2 aliphatic heterocycles. The topological polar surface area (TPSA) is 74.2 Å². The molecule has 1 saturated heterocycles. The Morgan fingerprint density at radius 3 is 2.49 bits per heavy atom.